The number of amides is 2. The number of carbonyl (C=O) groups excluding carboxylic acids is 3. The summed E-state index contributed by atoms with van der Waals surface area (Å²) in [5, 5.41) is 0. The van der Waals surface area contributed by atoms with Gasteiger partial charge in [-0.2, -0.15) is 0 Å². The Balaban J connectivity index is 1.71. The van der Waals surface area contributed by atoms with Crippen LogP contribution >= 0.6 is 0 Å². The normalized spacial score (nSPS) is 17.9. The van der Waals surface area contributed by atoms with Gasteiger partial charge in [-0.3, -0.25) is 20.1 Å². The van der Waals surface area contributed by atoms with Gasteiger partial charge in [0.2, 0.25) is 17.4 Å². The van der Waals surface area contributed by atoms with Crippen LogP contribution in [0.4, 0.5) is 14.5 Å². The third kappa shape index (κ3) is 4.90. The Hall–Kier alpha value is -4.24. The molecule has 190 valence electrons. The number of benzene rings is 3. The molecule has 2 amide bonds. The number of rotatable bonds is 6. The molecular weight excluding hydrogens is 478 g/mol. The fraction of sp³-hybridized carbons (Fsp3) is 0.214. The van der Waals surface area contributed by atoms with Crippen LogP contribution in [0.1, 0.15) is 23.6 Å². The maximum Gasteiger partial charge on any atom is 0.277 e. The van der Waals surface area contributed by atoms with Crippen molar-refractivity contribution in [1.29, 1.82) is 0 Å². The number of para-hydroxylation sites is 1. The third-order valence-electron chi connectivity index (χ3n) is 6.49. The van der Waals surface area contributed by atoms with E-state index in [0.717, 1.165) is 17.0 Å². The number of halogens is 2. The van der Waals surface area contributed by atoms with E-state index >= 15 is 0 Å². The summed E-state index contributed by atoms with van der Waals surface area (Å²) in [6.07, 6.45) is -0.349. The van der Waals surface area contributed by atoms with Crippen molar-refractivity contribution in [3.05, 3.63) is 101 Å². The molecule has 0 saturated heterocycles. The first-order valence-corrected chi connectivity index (χ1v) is 11.6. The van der Waals surface area contributed by atoms with E-state index in [2.05, 4.69) is 4.99 Å². The van der Waals surface area contributed by atoms with E-state index in [1.165, 1.54) is 25.9 Å². The number of nitrogens with two attached hydrogens (primary N) is 1. The molecule has 0 aromatic heterocycles. The first-order chi connectivity index (χ1) is 17.5. The summed E-state index contributed by atoms with van der Waals surface area (Å²) in [4.78, 5) is 47.2. The van der Waals surface area contributed by atoms with Crippen molar-refractivity contribution in [2.24, 2.45) is 10.7 Å². The molecule has 2 N–H and O–H groups in total. The second-order valence-corrected chi connectivity index (χ2v) is 8.97. The Kier molecular flexibility index (Phi) is 7.00. The van der Waals surface area contributed by atoms with Gasteiger partial charge in [-0.25, -0.2) is 13.8 Å². The van der Waals surface area contributed by atoms with Gasteiger partial charge in [0.05, 0.1) is 23.9 Å². The molecule has 2 atom stereocenters. The Morgan fingerprint density at radius 2 is 1.62 bits per heavy atom. The number of Topliss-reactive ketones (excluding diaryl/α,β-unsaturated/α-hetero) is 1. The zero-order valence-corrected chi connectivity index (χ0v) is 20.6. The summed E-state index contributed by atoms with van der Waals surface area (Å²) in [6, 6.07) is 17.8. The van der Waals surface area contributed by atoms with Crippen LogP contribution in [0.3, 0.4) is 0 Å². The lowest BCUT2D eigenvalue weighted by Gasteiger charge is -2.32. The van der Waals surface area contributed by atoms with Crippen LogP contribution in [-0.4, -0.2) is 54.0 Å². The molecule has 7 nitrogen and oxygen atoms in total. The molecule has 37 heavy (non-hydrogen) atoms. The van der Waals surface area contributed by atoms with Crippen molar-refractivity contribution in [3.63, 3.8) is 0 Å². The van der Waals surface area contributed by atoms with E-state index in [0.29, 0.717) is 28.6 Å². The summed E-state index contributed by atoms with van der Waals surface area (Å²) < 4.78 is 27.1. The number of fused-ring (bicyclic) bond motifs is 1. The molecule has 0 radical (unpaired) electrons. The summed E-state index contributed by atoms with van der Waals surface area (Å²) in [5.74, 6) is -3.77. The summed E-state index contributed by atoms with van der Waals surface area (Å²) >= 11 is 0. The van der Waals surface area contributed by atoms with Crippen LogP contribution in [0.25, 0.3) is 0 Å². The molecule has 3 aromatic rings. The molecule has 0 aliphatic carbocycles. The lowest BCUT2D eigenvalue weighted by molar-refractivity contribution is -0.142. The van der Waals surface area contributed by atoms with Crippen LogP contribution in [-0.2, 0) is 20.8 Å². The highest BCUT2D eigenvalue weighted by Crippen LogP contribution is 2.31. The predicted molar refractivity (Wildman–Crippen MR) is 136 cm³/mol. The van der Waals surface area contributed by atoms with Gasteiger partial charge in [-0.15, -0.1) is 0 Å². The minimum absolute atomic E-state index is 0.113. The van der Waals surface area contributed by atoms with Gasteiger partial charge in [0.25, 0.3) is 5.91 Å². The van der Waals surface area contributed by atoms with E-state index in [4.69, 9.17) is 5.73 Å². The van der Waals surface area contributed by atoms with Gasteiger partial charge in [0.1, 0.15) is 11.6 Å². The smallest absolute Gasteiger partial charge is 0.277 e. The zero-order chi connectivity index (χ0) is 26.9. The molecule has 1 unspecified atom stereocenters. The second-order valence-electron chi connectivity index (χ2n) is 8.97. The van der Waals surface area contributed by atoms with Gasteiger partial charge in [0, 0.05) is 31.3 Å². The Labute approximate surface area is 213 Å². The number of aliphatic imine (C=N–C) groups is 1. The highest BCUT2D eigenvalue weighted by atomic mass is 19.1. The Bertz CT molecular complexity index is 1390. The standard InChI is InChI=1S/C28H26F2N4O3/c1-17(33(2)24(35)15-18-13-20(29)16-21(30)14-18)26(36)28(31)27(37)34(3)23-12-8-7-11-22(23)25(32-28)19-9-5-4-6-10-19/h4-14,16-17H,15,31H2,1-3H3/t17-,28?/m0/s1. The molecule has 3 aromatic carbocycles. The molecule has 1 aliphatic rings. The number of benzodiazepines with no additional fused rings is 1. The van der Waals surface area contributed by atoms with Crippen LogP contribution in [0.2, 0.25) is 0 Å². The van der Waals surface area contributed by atoms with Crippen LogP contribution in [0.5, 0.6) is 0 Å². The fourth-order valence-electron chi connectivity index (χ4n) is 4.32. The maximum atomic E-state index is 13.8. The average Bonchev–Trinajstić information content (AvgIpc) is 2.97. The summed E-state index contributed by atoms with van der Waals surface area (Å²) in [5.41, 5.74) is 6.46. The SMILES string of the molecule is C[C@@H](C(=O)C1(N)N=C(c2ccccc2)c2ccccc2N(C)C1=O)N(C)C(=O)Cc1cc(F)cc(F)c1. The van der Waals surface area contributed by atoms with E-state index in [1.54, 1.807) is 48.5 Å². The maximum absolute atomic E-state index is 13.8. The molecule has 1 aliphatic heterocycles. The summed E-state index contributed by atoms with van der Waals surface area (Å²) in [6.45, 7) is 1.43. The lowest BCUT2D eigenvalue weighted by Crippen LogP contribution is -2.63. The zero-order valence-electron chi connectivity index (χ0n) is 20.6. The first-order valence-electron chi connectivity index (χ1n) is 11.6. The highest BCUT2D eigenvalue weighted by Gasteiger charge is 2.49. The first kappa shape index (κ1) is 25.8. The molecule has 1 heterocycles. The van der Waals surface area contributed by atoms with Gasteiger partial charge in [-0.1, -0.05) is 48.5 Å². The van der Waals surface area contributed by atoms with E-state index in [1.807, 2.05) is 6.07 Å². The topological polar surface area (TPSA) is 96.1 Å². The van der Waals surface area contributed by atoms with Crippen molar-refractivity contribution in [1.82, 2.24) is 4.90 Å². The molecule has 9 heteroatoms. The highest BCUT2D eigenvalue weighted by molar-refractivity contribution is 6.26. The third-order valence-corrected chi connectivity index (χ3v) is 6.49. The minimum atomic E-state index is -2.34. The van der Waals surface area contributed by atoms with Crippen molar-refractivity contribution in [2.45, 2.75) is 25.0 Å². The number of hydrogen-bond acceptors (Lipinski definition) is 5. The molecule has 4 rings (SSSR count). The largest absolute Gasteiger partial charge is 0.336 e. The van der Waals surface area contributed by atoms with Crippen LogP contribution in [0, 0.1) is 11.6 Å². The number of likely N-dealkylation sites (N-methyl/N-ethyl adjacent to an activating group) is 2. The van der Waals surface area contributed by atoms with Crippen LogP contribution in [0.15, 0.2) is 77.8 Å². The van der Waals surface area contributed by atoms with Crippen molar-refractivity contribution in [3.8, 4) is 0 Å². The van der Waals surface area contributed by atoms with Crippen molar-refractivity contribution in [2.75, 3.05) is 19.0 Å². The second kappa shape index (κ2) is 10.0. The minimum Gasteiger partial charge on any atom is -0.336 e. The predicted octanol–water partition coefficient (Wildman–Crippen LogP) is 3.09. The summed E-state index contributed by atoms with van der Waals surface area (Å²) in [7, 11) is 2.88. The molecule has 0 fully saturated rings. The molecular formula is C28H26F2N4O3. The number of nitrogens with zero attached hydrogens (tertiary/aromatic N) is 3. The van der Waals surface area contributed by atoms with E-state index < -0.39 is 40.9 Å². The van der Waals surface area contributed by atoms with Gasteiger partial charge < -0.3 is 9.80 Å². The van der Waals surface area contributed by atoms with Crippen LogP contribution < -0.4 is 10.6 Å². The van der Waals surface area contributed by atoms with E-state index in [9.17, 15) is 23.2 Å². The average molecular weight is 505 g/mol. The lowest BCUT2D eigenvalue weighted by atomic mass is 9.97. The number of carbonyl (C=O) groups is 3. The fourth-order valence-corrected chi connectivity index (χ4v) is 4.32. The van der Waals surface area contributed by atoms with Gasteiger partial charge in [0.15, 0.2) is 0 Å². The quantitative estimate of drug-likeness (QED) is 0.522. The molecule has 0 bridgehead atoms. The monoisotopic (exact) mass is 504 g/mol. The van der Waals surface area contributed by atoms with Gasteiger partial charge >= 0.3 is 0 Å². The number of hydrogen-bond donors (Lipinski definition) is 1. The molecule has 0 saturated carbocycles. The Morgan fingerprint density at radius 3 is 2.27 bits per heavy atom. The van der Waals surface area contributed by atoms with Crippen molar-refractivity contribution < 1.29 is 23.2 Å². The molecule has 0 spiro atoms. The van der Waals surface area contributed by atoms with E-state index in [-0.39, 0.29) is 12.0 Å². The van der Waals surface area contributed by atoms with Crippen molar-refractivity contribution >= 4 is 29.0 Å². The number of anilines is 1. The van der Waals surface area contributed by atoms with Gasteiger partial charge in [-0.05, 0) is 30.7 Å². The Morgan fingerprint density at radius 1 is 1.03 bits per heavy atom. The number of ketones is 1.